The highest BCUT2D eigenvalue weighted by molar-refractivity contribution is 7.07. The number of hydrogen-bond donors (Lipinski definition) is 1. The molecule has 1 aromatic heterocycles. The first kappa shape index (κ1) is 13.6. The van der Waals surface area contributed by atoms with E-state index in [0.717, 1.165) is 24.4 Å². The maximum Gasteiger partial charge on any atom is 0.0216 e. The molecule has 2 saturated carbocycles. The molecular weight excluding hydrogens is 250 g/mol. The second-order valence-electron chi connectivity index (χ2n) is 6.47. The van der Waals surface area contributed by atoms with Crippen molar-refractivity contribution in [1.82, 2.24) is 5.32 Å². The molecule has 0 spiro atoms. The fourth-order valence-electron chi connectivity index (χ4n) is 4.18. The third-order valence-electron chi connectivity index (χ3n) is 5.22. The lowest BCUT2D eigenvalue weighted by Crippen LogP contribution is -2.42. The van der Waals surface area contributed by atoms with E-state index in [0.29, 0.717) is 0 Å². The Labute approximate surface area is 121 Å². The van der Waals surface area contributed by atoms with E-state index in [4.69, 9.17) is 0 Å². The van der Waals surface area contributed by atoms with E-state index in [1.807, 2.05) is 11.3 Å². The summed E-state index contributed by atoms with van der Waals surface area (Å²) in [5.41, 5.74) is 1.47. The monoisotopic (exact) mass is 277 g/mol. The molecule has 2 heteroatoms. The van der Waals surface area contributed by atoms with Crippen molar-refractivity contribution < 1.29 is 0 Å². The molecule has 106 valence electrons. The van der Waals surface area contributed by atoms with Crippen LogP contribution in [0.25, 0.3) is 0 Å². The molecule has 3 rings (SSSR count). The number of rotatable bonds is 4. The van der Waals surface area contributed by atoms with Gasteiger partial charge in [0.2, 0.25) is 0 Å². The van der Waals surface area contributed by atoms with Crippen molar-refractivity contribution in [2.75, 3.05) is 0 Å². The molecule has 2 aliphatic carbocycles. The van der Waals surface area contributed by atoms with Gasteiger partial charge in [0.05, 0.1) is 0 Å². The molecule has 0 amide bonds. The van der Waals surface area contributed by atoms with Crippen molar-refractivity contribution in [3.63, 3.8) is 0 Å². The summed E-state index contributed by atoms with van der Waals surface area (Å²) < 4.78 is 0. The quantitative estimate of drug-likeness (QED) is 0.818. The Morgan fingerprint density at radius 1 is 1.00 bits per heavy atom. The third-order valence-corrected chi connectivity index (χ3v) is 5.96. The molecule has 0 aromatic carbocycles. The van der Waals surface area contributed by atoms with Gasteiger partial charge in [-0.05, 0) is 47.1 Å². The fourth-order valence-corrected chi connectivity index (χ4v) is 4.85. The molecule has 0 saturated heterocycles. The summed E-state index contributed by atoms with van der Waals surface area (Å²) in [4.78, 5) is 0. The van der Waals surface area contributed by atoms with Crippen LogP contribution in [-0.2, 0) is 6.54 Å². The zero-order valence-electron chi connectivity index (χ0n) is 11.9. The van der Waals surface area contributed by atoms with E-state index in [-0.39, 0.29) is 0 Å². The summed E-state index contributed by atoms with van der Waals surface area (Å²) in [5.74, 6) is 1.99. The van der Waals surface area contributed by atoms with Crippen LogP contribution in [0.1, 0.15) is 63.4 Å². The standard InChI is InChI=1S/C17H27NS/c1-2-6-15(7-3-1)16-8-4-5-9-17(16)18-12-14-10-11-19-13-14/h10-11,13,15-18H,1-9,12H2. The van der Waals surface area contributed by atoms with Crippen molar-refractivity contribution in [2.45, 2.75) is 70.4 Å². The number of nitrogens with one attached hydrogen (secondary N) is 1. The molecule has 0 radical (unpaired) electrons. The van der Waals surface area contributed by atoms with E-state index in [2.05, 4.69) is 22.1 Å². The van der Waals surface area contributed by atoms with Gasteiger partial charge in [-0.15, -0.1) is 0 Å². The van der Waals surface area contributed by atoms with Gasteiger partial charge < -0.3 is 5.32 Å². The summed E-state index contributed by atoms with van der Waals surface area (Å²) in [5, 5.41) is 8.35. The second-order valence-corrected chi connectivity index (χ2v) is 7.25. The molecule has 19 heavy (non-hydrogen) atoms. The maximum atomic E-state index is 3.88. The zero-order valence-corrected chi connectivity index (χ0v) is 12.8. The predicted octanol–water partition coefficient (Wildman–Crippen LogP) is 4.98. The van der Waals surface area contributed by atoms with E-state index in [1.165, 1.54) is 63.4 Å². The highest BCUT2D eigenvalue weighted by atomic mass is 32.1. The highest BCUT2D eigenvalue weighted by Gasteiger charge is 2.31. The minimum absolute atomic E-state index is 0.789. The summed E-state index contributed by atoms with van der Waals surface area (Å²) in [6, 6.07) is 3.05. The topological polar surface area (TPSA) is 12.0 Å². The molecule has 1 N–H and O–H groups in total. The third kappa shape index (κ3) is 3.61. The minimum Gasteiger partial charge on any atom is -0.310 e. The molecule has 0 bridgehead atoms. The molecular formula is C17H27NS. The van der Waals surface area contributed by atoms with Crippen LogP contribution >= 0.6 is 11.3 Å². The largest absolute Gasteiger partial charge is 0.310 e. The van der Waals surface area contributed by atoms with Crippen LogP contribution in [0, 0.1) is 11.8 Å². The van der Waals surface area contributed by atoms with E-state index < -0.39 is 0 Å². The Kier molecular flexibility index (Phi) is 4.95. The molecule has 1 aromatic rings. The van der Waals surface area contributed by atoms with Crippen molar-refractivity contribution in [3.8, 4) is 0 Å². The molecule has 2 atom stereocenters. The first-order valence-electron chi connectivity index (χ1n) is 8.18. The zero-order chi connectivity index (χ0) is 12.9. The van der Waals surface area contributed by atoms with Gasteiger partial charge >= 0.3 is 0 Å². The van der Waals surface area contributed by atoms with E-state index in [1.54, 1.807) is 0 Å². The lowest BCUT2D eigenvalue weighted by Gasteiger charge is -2.39. The maximum absolute atomic E-state index is 3.88. The van der Waals surface area contributed by atoms with Crippen LogP contribution in [0.2, 0.25) is 0 Å². The Morgan fingerprint density at radius 2 is 1.79 bits per heavy atom. The number of hydrogen-bond acceptors (Lipinski definition) is 2. The SMILES string of the molecule is c1cc(CNC2CCCCC2C2CCCCC2)cs1. The first-order chi connectivity index (χ1) is 9.43. The van der Waals surface area contributed by atoms with Gasteiger partial charge in [-0.1, -0.05) is 44.9 Å². The minimum atomic E-state index is 0.789. The first-order valence-corrected chi connectivity index (χ1v) is 9.12. The Balaban J connectivity index is 1.56. The van der Waals surface area contributed by atoms with Crippen LogP contribution in [0.3, 0.4) is 0 Å². The summed E-state index contributed by atoms with van der Waals surface area (Å²) in [6.45, 7) is 1.08. The smallest absolute Gasteiger partial charge is 0.0216 e. The van der Waals surface area contributed by atoms with Gasteiger partial charge in [-0.25, -0.2) is 0 Å². The predicted molar refractivity (Wildman–Crippen MR) is 83.5 cm³/mol. The van der Waals surface area contributed by atoms with Gasteiger partial charge in [-0.2, -0.15) is 11.3 Å². The van der Waals surface area contributed by atoms with Crippen LogP contribution in [0.4, 0.5) is 0 Å². The van der Waals surface area contributed by atoms with Crippen LogP contribution < -0.4 is 5.32 Å². The van der Waals surface area contributed by atoms with Crippen LogP contribution in [-0.4, -0.2) is 6.04 Å². The lowest BCUT2D eigenvalue weighted by atomic mass is 9.71. The average molecular weight is 277 g/mol. The highest BCUT2D eigenvalue weighted by Crippen LogP contribution is 2.38. The Bertz CT molecular complexity index is 353. The van der Waals surface area contributed by atoms with Gasteiger partial charge in [0.25, 0.3) is 0 Å². The summed E-state index contributed by atoms with van der Waals surface area (Å²) in [7, 11) is 0. The Morgan fingerprint density at radius 3 is 2.58 bits per heavy atom. The van der Waals surface area contributed by atoms with Gasteiger partial charge in [0, 0.05) is 12.6 Å². The van der Waals surface area contributed by atoms with Crippen molar-refractivity contribution >= 4 is 11.3 Å². The molecule has 1 heterocycles. The van der Waals surface area contributed by atoms with Crippen molar-refractivity contribution in [2.24, 2.45) is 11.8 Å². The van der Waals surface area contributed by atoms with Gasteiger partial charge in [-0.3, -0.25) is 0 Å². The fraction of sp³-hybridized carbons (Fsp3) is 0.765. The van der Waals surface area contributed by atoms with Crippen LogP contribution in [0.15, 0.2) is 16.8 Å². The number of thiophene rings is 1. The molecule has 2 fully saturated rings. The molecule has 2 aliphatic rings. The van der Waals surface area contributed by atoms with Crippen LogP contribution in [0.5, 0.6) is 0 Å². The van der Waals surface area contributed by atoms with Gasteiger partial charge in [0.1, 0.15) is 0 Å². The summed E-state index contributed by atoms with van der Waals surface area (Å²) in [6.07, 6.45) is 13.2. The van der Waals surface area contributed by atoms with E-state index in [9.17, 15) is 0 Å². The molecule has 0 aliphatic heterocycles. The Hall–Kier alpha value is -0.340. The van der Waals surface area contributed by atoms with Gasteiger partial charge in [0.15, 0.2) is 0 Å². The average Bonchev–Trinajstić information content (AvgIpc) is 3.00. The molecule has 1 nitrogen and oxygen atoms in total. The van der Waals surface area contributed by atoms with Crippen molar-refractivity contribution in [1.29, 1.82) is 0 Å². The van der Waals surface area contributed by atoms with E-state index >= 15 is 0 Å². The van der Waals surface area contributed by atoms with Crippen molar-refractivity contribution in [3.05, 3.63) is 22.4 Å². The molecule has 2 unspecified atom stereocenters. The normalized spacial score (nSPS) is 29.5. The summed E-state index contributed by atoms with van der Waals surface area (Å²) >= 11 is 1.82. The lowest BCUT2D eigenvalue weighted by molar-refractivity contribution is 0.149. The second kappa shape index (κ2) is 6.90.